The number of hydrogen-bond acceptors (Lipinski definition) is 2. The first-order chi connectivity index (χ1) is 8.78. The lowest BCUT2D eigenvalue weighted by atomic mass is 9.90. The first-order valence-electron chi connectivity index (χ1n) is 7.23. The van der Waals surface area contributed by atoms with Gasteiger partial charge in [-0.25, -0.2) is 0 Å². The van der Waals surface area contributed by atoms with E-state index in [4.69, 9.17) is 4.74 Å². The van der Waals surface area contributed by atoms with Crippen LogP contribution in [0.15, 0.2) is 0 Å². The summed E-state index contributed by atoms with van der Waals surface area (Å²) in [4.78, 5) is 0. The third kappa shape index (κ3) is 4.63. The van der Waals surface area contributed by atoms with Crippen LogP contribution in [0.5, 0.6) is 0 Å². The molecule has 0 heterocycles. The van der Waals surface area contributed by atoms with Crippen molar-refractivity contribution in [2.75, 3.05) is 6.61 Å². The van der Waals surface area contributed by atoms with Crippen LogP contribution >= 0.6 is 0 Å². The molecule has 0 spiro atoms. The normalized spacial score (nSPS) is 32.1. The molecule has 19 heavy (non-hydrogen) atoms. The van der Waals surface area contributed by atoms with Crippen molar-refractivity contribution in [3.63, 3.8) is 0 Å². The van der Waals surface area contributed by atoms with E-state index in [1.54, 1.807) is 0 Å². The number of ether oxygens (including phenoxy) is 1. The smallest absolute Gasteiger partial charge is 0.369 e. The molecule has 3 unspecified atom stereocenters. The molecule has 0 aromatic carbocycles. The van der Waals surface area contributed by atoms with Crippen LogP contribution in [-0.2, 0) is 4.74 Å². The van der Waals surface area contributed by atoms with Crippen molar-refractivity contribution in [3.8, 4) is 0 Å². The highest BCUT2D eigenvalue weighted by molar-refractivity contribution is 4.98. The Morgan fingerprint density at radius 1 is 1.32 bits per heavy atom. The van der Waals surface area contributed by atoms with Gasteiger partial charge in [0.2, 0.25) is 0 Å². The predicted octanol–water partition coefficient (Wildman–Crippen LogP) is 3.65. The summed E-state index contributed by atoms with van der Waals surface area (Å²) in [6.07, 6.45) is 1.50. The number of alkyl halides is 3. The standard InChI is InChI=1S/C14H24F3NO/c1-10(13(2)6-7-13)18-11-4-3-5-12(8-11)19-9-14(15,16)17/h10-12,18H,3-9H2,1-2H3. The van der Waals surface area contributed by atoms with E-state index >= 15 is 0 Å². The quantitative estimate of drug-likeness (QED) is 0.829. The average Bonchev–Trinajstić information content (AvgIpc) is 3.06. The minimum absolute atomic E-state index is 0.243. The second-order valence-electron chi connectivity index (χ2n) is 6.45. The number of halogens is 3. The van der Waals surface area contributed by atoms with Gasteiger partial charge in [-0.3, -0.25) is 0 Å². The summed E-state index contributed by atoms with van der Waals surface area (Å²) in [6.45, 7) is 3.34. The fourth-order valence-electron chi connectivity index (χ4n) is 2.84. The van der Waals surface area contributed by atoms with E-state index < -0.39 is 12.8 Å². The molecule has 0 aliphatic heterocycles. The first kappa shape index (κ1) is 15.1. The molecule has 0 saturated heterocycles. The lowest BCUT2D eigenvalue weighted by molar-refractivity contribution is -0.188. The summed E-state index contributed by atoms with van der Waals surface area (Å²) in [7, 11) is 0. The van der Waals surface area contributed by atoms with Gasteiger partial charge in [0.15, 0.2) is 0 Å². The van der Waals surface area contributed by atoms with Crippen LogP contribution in [0.4, 0.5) is 13.2 Å². The third-order valence-electron chi connectivity index (χ3n) is 4.68. The van der Waals surface area contributed by atoms with Gasteiger partial charge in [0.05, 0.1) is 6.10 Å². The van der Waals surface area contributed by atoms with E-state index in [9.17, 15) is 13.2 Å². The Kier molecular flexibility index (Phi) is 4.45. The van der Waals surface area contributed by atoms with Crippen LogP contribution in [0.1, 0.15) is 52.4 Å². The molecule has 1 N–H and O–H groups in total. The Balaban J connectivity index is 1.74. The molecule has 3 atom stereocenters. The van der Waals surface area contributed by atoms with Gasteiger partial charge in [0.1, 0.15) is 6.61 Å². The fraction of sp³-hybridized carbons (Fsp3) is 1.00. The monoisotopic (exact) mass is 279 g/mol. The van der Waals surface area contributed by atoms with Crippen LogP contribution in [0.2, 0.25) is 0 Å². The molecule has 0 aromatic rings. The average molecular weight is 279 g/mol. The summed E-state index contributed by atoms with van der Waals surface area (Å²) >= 11 is 0. The van der Waals surface area contributed by atoms with Crippen molar-refractivity contribution >= 4 is 0 Å². The Labute approximate surface area is 113 Å². The van der Waals surface area contributed by atoms with Crippen molar-refractivity contribution in [2.24, 2.45) is 5.41 Å². The van der Waals surface area contributed by atoms with E-state index in [1.807, 2.05) is 0 Å². The Hall–Kier alpha value is -0.290. The van der Waals surface area contributed by atoms with E-state index in [0.717, 1.165) is 19.3 Å². The highest BCUT2D eigenvalue weighted by atomic mass is 19.4. The zero-order valence-corrected chi connectivity index (χ0v) is 11.7. The minimum atomic E-state index is -4.21. The molecule has 0 radical (unpaired) electrons. The molecular weight excluding hydrogens is 255 g/mol. The van der Waals surface area contributed by atoms with E-state index in [1.165, 1.54) is 12.8 Å². The van der Waals surface area contributed by atoms with Crippen molar-refractivity contribution in [2.45, 2.75) is 76.7 Å². The first-order valence-corrected chi connectivity index (χ1v) is 7.23. The molecule has 0 aromatic heterocycles. The van der Waals surface area contributed by atoms with Crippen molar-refractivity contribution in [1.82, 2.24) is 5.32 Å². The molecule has 2 fully saturated rings. The molecule has 0 bridgehead atoms. The summed E-state index contributed by atoms with van der Waals surface area (Å²) in [5, 5.41) is 3.59. The number of nitrogens with one attached hydrogen (secondary N) is 1. The van der Waals surface area contributed by atoms with Crippen LogP contribution in [-0.4, -0.2) is 31.0 Å². The highest BCUT2D eigenvalue weighted by Gasteiger charge is 2.43. The Bertz CT molecular complexity index is 302. The Morgan fingerprint density at radius 3 is 2.58 bits per heavy atom. The van der Waals surface area contributed by atoms with E-state index in [-0.39, 0.29) is 6.10 Å². The molecule has 2 nitrogen and oxygen atoms in total. The maximum atomic E-state index is 12.1. The van der Waals surface area contributed by atoms with Gasteiger partial charge in [-0.05, 0) is 50.9 Å². The summed E-state index contributed by atoms with van der Waals surface area (Å²) in [5.74, 6) is 0. The molecule has 112 valence electrons. The summed E-state index contributed by atoms with van der Waals surface area (Å²) in [5.41, 5.74) is 0.403. The zero-order valence-electron chi connectivity index (χ0n) is 11.7. The number of rotatable bonds is 5. The molecule has 0 amide bonds. The van der Waals surface area contributed by atoms with Crippen molar-refractivity contribution < 1.29 is 17.9 Å². The SMILES string of the molecule is CC(NC1CCCC(OCC(F)(F)F)C1)C1(C)CC1. The lowest BCUT2D eigenvalue weighted by Gasteiger charge is -2.33. The molecule has 2 saturated carbocycles. The second kappa shape index (κ2) is 5.60. The maximum Gasteiger partial charge on any atom is 0.411 e. The van der Waals surface area contributed by atoms with Gasteiger partial charge < -0.3 is 10.1 Å². The highest BCUT2D eigenvalue weighted by Crippen LogP contribution is 2.48. The molecule has 5 heteroatoms. The van der Waals surface area contributed by atoms with Crippen molar-refractivity contribution in [3.05, 3.63) is 0 Å². The topological polar surface area (TPSA) is 21.3 Å². The van der Waals surface area contributed by atoms with Gasteiger partial charge in [-0.15, -0.1) is 0 Å². The van der Waals surface area contributed by atoms with Gasteiger partial charge in [-0.1, -0.05) is 6.92 Å². The Morgan fingerprint density at radius 2 is 2.00 bits per heavy atom. The van der Waals surface area contributed by atoms with Gasteiger partial charge >= 0.3 is 6.18 Å². The van der Waals surface area contributed by atoms with Crippen LogP contribution in [0.3, 0.4) is 0 Å². The second-order valence-corrected chi connectivity index (χ2v) is 6.45. The van der Waals surface area contributed by atoms with E-state index in [2.05, 4.69) is 19.2 Å². The van der Waals surface area contributed by atoms with E-state index in [0.29, 0.717) is 23.9 Å². The largest absolute Gasteiger partial charge is 0.411 e. The van der Waals surface area contributed by atoms with Gasteiger partial charge in [-0.2, -0.15) is 13.2 Å². The van der Waals surface area contributed by atoms with Crippen LogP contribution in [0.25, 0.3) is 0 Å². The van der Waals surface area contributed by atoms with Gasteiger partial charge in [0.25, 0.3) is 0 Å². The molecule has 2 aliphatic rings. The third-order valence-corrected chi connectivity index (χ3v) is 4.68. The number of hydrogen-bond donors (Lipinski definition) is 1. The lowest BCUT2D eigenvalue weighted by Crippen LogP contribution is -2.45. The van der Waals surface area contributed by atoms with Crippen LogP contribution in [0, 0.1) is 5.41 Å². The van der Waals surface area contributed by atoms with Gasteiger partial charge in [0, 0.05) is 12.1 Å². The van der Waals surface area contributed by atoms with Crippen molar-refractivity contribution in [1.29, 1.82) is 0 Å². The molecule has 2 aliphatic carbocycles. The maximum absolute atomic E-state index is 12.1. The molecule has 2 rings (SSSR count). The minimum Gasteiger partial charge on any atom is -0.369 e. The molecular formula is C14H24F3NO. The van der Waals surface area contributed by atoms with Crippen LogP contribution < -0.4 is 5.32 Å². The predicted molar refractivity (Wildman–Crippen MR) is 68.0 cm³/mol. The zero-order chi connectivity index (χ0) is 14.1. The summed E-state index contributed by atoms with van der Waals surface area (Å²) < 4.78 is 41.4. The summed E-state index contributed by atoms with van der Waals surface area (Å²) in [6, 6.07) is 0.748. The fourth-order valence-corrected chi connectivity index (χ4v) is 2.84.